The highest BCUT2D eigenvalue weighted by Crippen LogP contribution is 2.38. The Kier molecular flexibility index (Phi) is 10.0. The number of methoxy groups -OCH3 is 1. The fraction of sp³-hybridized carbons (Fsp3) is 0.593. The molecule has 0 unspecified atom stereocenters. The Labute approximate surface area is 248 Å². The molecule has 1 aliphatic heterocycles. The van der Waals surface area contributed by atoms with Crippen molar-refractivity contribution in [3.05, 3.63) is 35.3 Å². The molecular weight excluding hydrogens is 596 g/mol. The molecule has 238 valence electrons. The molecule has 4 rings (SSSR count). The van der Waals surface area contributed by atoms with E-state index in [9.17, 15) is 26.4 Å². The van der Waals surface area contributed by atoms with Gasteiger partial charge in [0.25, 0.3) is 5.91 Å². The Morgan fingerprint density at radius 3 is 2.44 bits per heavy atom. The molecule has 1 amide bonds. The number of rotatable bonds is 9. The van der Waals surface area contributed by atoms with Crippen LogP contribution in [0.25, 0.3) is 0 Å². The lowest BCUT2D eigenvalue weighted by Gasteiger charge is -2.36. The van der Waals surface area contributed by atoms with Crippen molar-refractivity contribution in [2.45, 2.75) is 62.9 Å². The molecule has 2 aliphatic rings. The fourth-order valence-corrected chi connectivity index (χ4v) is 5.99. The number of likely N-dealkylation sites (tertiary alicyclic amines) is 1. The average molecular weight is 633 g/mol. The Bertz CT molecular complexity index is 1420. The summed E-state index contributed by atoms with van der Waals surface area (Å²) in [6.07, 6.45) is -0.730. The maximum absolute atomic E-state index is 15.1. The zero-order chi connectivity index (χ0) is 31.5. The van der Waals surface area contributed by atoms with Gasteiger partial charge < -0.3 is 25.0 Å². The summed E-state index contributed by atoms with van der Waals surface area (Å²) in [6.45, 7) is 1.60. The topological polar surface area (TPSA) is 126 Å². The molecule has 0 radical (unpaired) electrons. The minimum atomic E-state index is -4.87. The second-order valence-corrected chi connectivity index (χ2v) is 12.9. The largest absolute Gasteiger partial charge is 0.495 e. The molecule has 1 aliphatic carbocycles. The molecule has 2 heterocycles. The Morgan fingerprint density at radius 1 is 1.14 bits per heavy atom. The molecule has 2 atom stereocenters. The predicted molar refractivity (Wildman–Crippen MR) is 151 cm³/mol. The lowest BCUT2D eigenvalue weighted by Crippen LogP contribution is -2.48. The van der Waals surface area contributed by atoms with E-state index in [0.29, 0.717) is 31.9 Å². The minimum absolute atomic E-state index is 0.0306. The monoisotopic (exact) mass is 632 g/mol. The van der Waals surface area contributed by atoms with Crippen molar-refractivity contribution in [3.8, 4) is 11.6 Å². The van der Waals surface area contributed by atoms with Crippen LogP contribution in [0.2, 0.25) is 0 Å². The zero-order valence-electron chi connectivity index (χ0n) is 24.4. The normalized spacial score (nSPS) is 20.6. The molecule has 43 heavy (non-hydrogen) atoms. The third kappa shape index (κ3) is 8.03. The Morgan fingerprint density at radius 2 is 1.81 bits per heavy atom. The Balaban J connectivity index is 1.59. The van der Waals surface area contributed by atoms with E-state index in [-0.39, 0.29) is 29.0 Å². The number of hydrogen-bond acceptors (Lipinski definition) is 9. The van der Waals surface area contributed by atoms with Gasteiger partial charge in [-0.1, -0.05) is 6.42 Å². The number of alkyl halides is 3. The van der Waals surface area contributed by atoms with E-state index in [1.54, 1.807) is 0 Å². The van der Waals surface area contributed by atoms with Crippen LogP contribution in [-0.2, 0) is 16.2 Å². The molecule has 2 aromatic rings. The van der Waals surface area contributed by atoms with Crippen LogP contribution in [0.15, 0.2) is 18.3 Å². The first kappa shape index (κ1) is 32.7. The van der Waals surface area contributed by atoms with Crippen LogP contribution in [0.1, 0.15) is 54.4 Å². The van der Waals surface area contributed by atoms with Gasteiger partial charge in [-0.15, -0.1) is 0 Å². The zero-order valence-corrected chi connectivity index (χ0v) is 25.2. The number of aromatic nitrogens is 2. The van der Waals surface area contributed by atoms with E-state index >= 15 is 4.39 Å². The van der Waals surface area contributed by atoms with Gasteiger partial charge in [-0.05, 0) is 58.3 Å². The SMILES string of the molecule is COc1cc(C(=O)NC2CCN(C)CC2)c(F)cc1Nc1ncc(C(F)(F)F)c(O[C@@H]2CCCC[C@H]2N(C)S(C)(=O)=O)n1. The van der Waals surface area contributed by atoms with Crippen LogP contribution < -0.4 is 20.1 Å². The summed E-state index contributed by atoms with van der Waals surface area (Å²) in [5.41, 5.74) is -1.53. The van der Waals surface area contributed by atoms with E-state index < -0.39 is 51.5 Å². The highest BCUT2D eigenvalue weighted by molar-refractivity contribution is 7.88. The molecule has 2 N–H and O–H groups in total. The third-order valence-corrected chi connectivity index (χ3v) is 9.13. The quantitative estimate of drug-likeness (QED) is 0.397. The number of hydrogen-bond donors (Lipinski definition) is 2. The summed E-state index contributed by atoms with van der Waals surface area (Å²) in [5, 5.41) is 5.49. The summed E-state index contributed by atoms with van der Waals surface area (Å²) in [4.78, 5) is 22.6. The van der Waals surface area contributed by atoms with Gasteiger partial charge in [-0.3, -0.25) is 4.79 Å². The number of ether oxygens (including phenoxy) is 2. The number of amides is 1. The minimum Gasteiger partial charge on any atom is -0.495 e. The summed E-state index contributed by atoms with van der Waals surface area (Å²) in [6, 6.07) is 1.37. The van der Waals surface area contributed by atoms with Crippen LogP contribution in [0.4, 0.5) is 29.2 Å². The van der Waals surface area contributed by atoms with Crippen LogP contribution in [0.3, 0.4) is 0 Å². The number of anilines is 2. The molecule has 0 spiro atoms. The number of halogens is 4. The molecule has 0 bridgehead atoms. The second kappa shape index (κ2) is 13.2. The van der Waals surface area contributed by atoms with Gasteiger partial charge in [-0.2, -0.15) is 22.5 Å². The van der Waals surface area contributed by atoms with Crippen molar-refractivity contribution >= 4 is 27.6 Å². The standard InChI is InChI=1S/C27H36F4N6O5S/c1-36-11-9-16(10-12-36)33-24(38)17-13-23(41-3)20(14-19(17)28)34-26-32-15-18(27(29,30)31)25(35-26)42-22-8-6-5-7-21(22)37(2)43(4,39)40/h13-16,21-22H,5-12H2,1-4H3,(H,33,38)(H,32,34,35)/t21-,22-/m1/s1. The van der Waals surface area contributed by atoms with Crippen LogP contribution in [0, 0.1) is 5.82 Å². The number of nitrogens with zero attached hydrogens (tertiary/aromatic N) is 4. The third-order valence-electron chi connectivity index (χ3n) is 7.81. The molecule has 1 saturated carbocycles. The van der Waals surface area contributed by atoms with Crippen molar-refractivity contribution in [1.82, 2.24) is 24.5 Å². The van der Waals surface area contributed by atoms with Crippen molar-refractivity contribution in [2.24, 2.45) is 0 Å². The predicted octanol–water partition coefficient (Wildman–Crippen LogP) is 3.79. The number of benzene rings is 1. The van der Waals surface area contributed by atoms with E-state index in [2.05, 4.69) is 25.5 Å². The van der Waals surface area contributed by atoms with Gasteiger partial charge in [0.2, 0.25) is 21.9 Å². The maximum Gasteiger partial charge on any atom is 0.423 e. The highest BCUT2D eigenvalue weighted by Gasteiger charge is 2.40. The summed E-state index contributed by atoms with van der Waals surface area (Å²) in [7, 11) is 0.991. The number of likely N-dealkylation sites (N-methyl/N-ethyl adjacent to an activating group) is 1. The van der Waals surface area contributed by atoms with Crippen LogP contribution >= 0.6 is 0 Å². The first-order chi connectivity index (χ1) is 20.2. The van der Waals surface area contributed by atoms with Crippen LogP contribution in [0.5, 0.6) is 11.6 Å². The van der Waals surface area contributed by atoms with Crippen molar-refractivity contribution in [3.63, 3.8) is 0 Å². The second-order valence-electron chi connectivity index (χ2n) is 10.9. The number of carbonyl (C=O) groups excluding carboxylic acids is 1. The Hall–Kier alpha value is -3.24. The van der Waals surface area contributed by atoms with Crippen molar-refractivity contribution in [1.29, 1.82) is 0 Å². The molecule has 1 aromatic carbocycles. The molecule has 2 fully saturated rings. The fourth-order valence-electron chi connectivity index (χ4n) is 5.26. The lowest BCUT2D eigenvalue weighted by atomic mass is 9.92. The summed E-state index contributed by atoms with van der Waals surface area (Å²) < 4.78 is 93.3. The number of sulfonamides is 1. The van der Waals surface area contributed by atoms with Gasteiger partial charge in [0.1, 0.15) is 23.2 Å². The van der Waals surface area contributed by atoms with Gasteiger partial charge in [0.05, 0.1) is 30.7 Å². The highest BCUT2D eigenvalue weighted by atomic mass is 32.2. The van der Waals surface area contributed by atoms with E-state index in [1.807, 2.05) is 7.05 Å². The first-order valence-corrected chi connectivity index (χ1v) is 15.7. The van der Waals surface area contributed by atoms with Crippen molar-refractivity contribution < 1.29 is 40.2 Å². The van der Waals surface area contributed by atoms with Gasteiger partial charge in [-0.25, -0.2) is 17.8 Å². The molecule has 11 nitrogen and oxygen atoms in total. The van der Waals surface area contributed by atoms with E-state index in [0.717, 1.165) is 42.6 Å². The summed E-state index contributed by atoms with van der Waals surface area (Å²) in [5.74, 6) is -2.61. The number of carbonyl (C=O) groups is 1. The van der Waals surface area contributed by atoms with Gasteiger partial charge in [0.15, 0.2) is 0 Å². The first-order valence-electron chi connectivity index (χ1n) is 13.8. The molecular formula is C27H36F4N6O5S. The molecule has 1 aromatic heterocycles. The number of piperidine rings is 1. The molecule has 16 heteroatoms. The van der Waals surface area contributed by atoms with E-state index in [1.165, 1.54) is 20.2 Å². The van der Waals surface area contributed by atoms with Gasteiger partial charge >= 0.3 is 6.18 Å². The van der Waals surface area contributed by atoms with Crippen LogP contribution in [-0.4, -0.2) is 92.2 Å². The summed E-state index contributed by atoms with van der Waals surface area (Å²) >= 11 is 0. The van der Waals surface area contributed by atoms with E-state index in [4.69, 9.17) is 9.47 Å². The average Bonchev–Trinajstić information content (AvgIpc) is 2.93. The smallest absolute Gasteiger partial charge is 0.423 e. The molecule has 1 saturated heterocycles. The van der Waals surface area contributed by atoms with Gasteiger partial charge in [0, 0.05) is 25.4 Å². The van der Waals surface area contributed by atoms with Crippen molar-refractivity contribution in [2.75, 3.05) is 45.9 Å². The maximum atomic E-state index is 15.1. The lowest BCUT2D eigenvalue weighted by molar-refractivity contribution is -0.140. The number of nitrogens with one attached hydrogen (secondary N) is 2.